The Morgan fingerprint density at radius 1 is 0.950 bits per heavy atom. The highest BCUT2D eigenvalue weighted by atomic mass is 16.5. The van der Waals surface area contributed by atoms with Gasteiger partial charge in [-0.1, -0.05) is 24.3 Å². The van der Waals surface area contributed by atoms with Gasteiger partial charge in [-0.05, 0) is 43.4 Å². The summed E-state index contributed by atoms with van der Waals surface area (Å²) in [4.78, 5) is 4.60. The van der Waals surface area contributed by atoms with Gasteiger partial charge in [0, 0.05) is 11.9 Å². The third-order valence-corrected chi connectivity index (χ3v) is 3.06. The number of hydrogen-bond acceptors (Lipinski definition) is 3. The zero-order chi connectivity index (χ0) is 13.8. The van der Waals surface area contributed by atoms with E-state index in [9.17, 15) is 0 Å². The zero-order valence-electron chi connectivity index (χ0n) is 11.3. The Balaban J connectivity index is 1.89. The summed E-state index contributed by atoms with van der Waals surface area (Å²) < 4.78 is 5.82. The maximum Gasteiger partial charge on any atom is 0.128 e. The van der Waals surface area contributed by atoms with Crippen molar-refractivity contribution in [2.24, 2.45) is 0 Å². The second-order valence-corrected chi connectivity index (χ2v) is 4.60. The number of para-hydroxylation sites is 1. The van der Waals surface area contributed by atoms with Gasteiger partial charge >= 0.3 is 0 Å². The molecule has 1 heterocycles. The molecule has 0 amide bonds. The summed E-state index contributed by atoms with van der Waals surface area (Å²) in [5.41, 5.74) is 2.02. The molecule has 3 rings (SSSR count). The summed E-state index contributed by atoms with van der Waals surface area (Å²) >= 11 is 0. The van der Waals surface area contributed by atoms with Crippen LogP contribution in [0.15, 0.2) is 60.7 Å². The van der Waals surface area contributed by atoms with E-state index in [-0.39, 0.29) is 0 Å². The average molecular weight is 264 g/mol. The number of fused-ring (bicyclic) bond motifs is 1. The highest BCUT2D eigenvalue weighted by Crippen LogP contribution is 2.24. The molecule has 0 saturated heterocycles. The molecule has 0 unspecified atom stereocenters. The Kier molecular flexibility index (Phi) is 3.61. The van der Waals surface area contributed by atoms with Crippen LogP contribution in [0, 0.1) is 0 Å². The molecule has 3 heteroatoms. The fourth-order valence-electron chi connectivity index (χ4n) is 2.11. The first-order chi connectivity index (χ1) is 9.85. The summed E-state index contributed by atoms with van der Waals surface area (Å²) in [5, 5.41) is 4.19. The monoisotopic (exact) mass is 264 g/mol. The van der Waals surface area contributed by atoms with Gasteiger partial charge in [0.2, 0.25) is 0 Å². The molecule has 0 fully saturated rings. The molecule has 0 aliphatic carbocycles. The quantitative estimate of drug-likeness (QED) is 0.779. The van der Waals surface area contributed by atoms with Crippen molar-refractivity contribution in [1.82, 2.24) is 10.3 Å². The van der Waals surface area contributed by atoms with E-state index in [1.165, 1.54) is 0 Å². The Bertz CT molecular complexity index is 711. The van der Waals surface area contributed by atoms with E-state index in [2.05, 4.69) is 16.4 Å². The molecular weight excluding hydrogens is 248 g/mol. The molecule has 0 spiro atoms. The van der Waals surface area contributed by atoms with Crippen LogP contribution in [0.4, 0.5) is 0 Å². The second kappa shape index (κ2) is 5.72. The first-order valence-electron chi connectivity index (χ1n) is 6.62. The summed E-state index contributed by atoms with van der Waals surface area (Å²) in [5.74, 6) is 1.67. The normalized spacial score (nSPS) is 10.7. The van der Waals surface area contributed by atoms with Crippen molar-refractivity contribution >= 4 is 10.9 Å². The lowest BCUT2D eigenvalue weighted by molar-refractivity contribution is 0.483. The van der Waals surface area contributed by atoms with Crippen LogP contribution in [0.2, 0.25) is 0 Å². The van der Waals surface area contributed by atoms with Crippen LogP contribution in [0.5, 0.6) is 11.5 Å². The number of hydrogen-bond donors (Lipinski definition) is 1. The van der Waals surface area contributed by atoms with E-state index in [1.54, 1.807) is 0 Å². The molecule has 0 radical (unpaired) electrons. The largest absolute Gasteiger partial charge is 0.457 e. The molecule has 0 bridgehead atoms. The molecule has 3 nitrogen and oxygen atoms in total. The average Bonchev–Trinajstić information content (AvgIpc) is 2.49. The third-order valence-electron chi connectivity index (χ3n) is 3.06. The summed E-state index contributed by atoms with van der Waals surface area (Å²) in [6, 6.07) is 19.8. The Morgan fingerprint density at radius 2 is 1.80 bits per heavy atom. The van der Waals surface area contributed by atoms with Crippen molar-refractivity contribution < 1.29 is 4.74 Å². The van der Waals surface area contributed by atoms with Gasteiger partial charge in [0.05, 0.1) is 11.2 Å². The molecule has 0 aliphatic heterocycles. The summed E-state index contributed by atoms with van der Waals surface area (Å²) in [6.07, 6.45) is 0. The van der Waals surface area contributed by atoms with Gasteiger partial charge in [0.25, 0.3) is 0 Å². The first kappa shape index (κ1) is 12.6. The molecule has 100 valence electrons. The number of pyridine rings is 1. The number of benzene rings is 2. The standard InChI is InChI=1S/C17H16N2O/c1-18-12-14-8-7-13-11-16(9-10-17(13)19-14)20-15-5-3-2-4-6-15/h2-11,18H,12H2,1H3. The van der Waals surface area contributed by atoms with Crippen molar-refractivity contribution in [2.75, 3.05) is 7.05 Å². The minimum atomic E-state index is 0.776. The van der Waals surface area contributed by atoms with Crippen LogP contribution in [0.3, 0.4) is 0 Å². The van der Waals surface area contributed by atoms with Crippen LogP contribution in [0.25, 0.3) is 10.9 Å². The van der Waals surface area contributed by atoms with Crippen LogP contribution in [-0.4, -0.2) is 12.0 Å². The molecule has 3 aromatic rings. The van der Waals surface area contributed by atoms with Crippen molar-refractivity contribution in [3.8, 4) is 11.5 Å². The molecule has 1 N–H and O–H groups in total. The lowest BCUT2D eigenvalue weighted by atomic mass is 10.2. The topological polar surface area (TPSA) is 34.1 Å². The van der Waals surface area contributed by atoms with E-state index < -0.39 is 0 Å². The molecule has 0 aliphatic rings. The number of rotatable bonds is 4. The minimum absolute atomic E-state index is 0.776. The fraction of sp³-hybridized carbons (Fsp3) is 0.118. The van der Waals surface area contributed by atoms with E-state index in [0.717, 1.165) is 34.6 Å². The highest BCUT2D eigenvalue weighted by Gasteiger charge is 2.01. The highest BCUT2D eigenvalue weighted by molar-refractivity contribution is 5.80. The maximum atomic E-state index is 5.82. The van der Waals surface area contributed by atoms with Gasteiger partial charge < -0.3 is 10.1 Å². The third kappa shape index (κ3) is 2.78. The Hall–Kier alpha value is -2.39. The van der Waals surface area contributed by atoms with Gasteiger partial charge in [-0.2, -0.15) is 0 Å². The summed E-state index contributed by atoms with van der Waals surface area (Å²) in [7, 11) is 1.92. The van der Waals surface area contributed by atoms with Crippen LogP contribution in [0.1, 0.15) is 5.69 Å². The van der Waals surface area contributed by atoms with Gasteiger partial charge in [-0.3, -0.25) is 4.98 Å². The van der Waals surface area contributed by atoms with Gasteiger partial charge in [-0.15, -0.1) is 0 Å². The smallest absolute Gasteiger partial charge is 0.128 e. The maximum absolute atomic E-state index is 5.82. The molecule has 0 saturated carbocycles. The van der Waals surface area contributed by atoms with Crippen molar-refractivity contribution in [3.05, 3.63) is 66.4 Å². The lowest BCUT2D eigenvalue weighted by Crippen LogP contribution is -2.06. The molecule has 20 heavy (non-hydrogen) atoms. The fourth-order valence-corrected chi connectivity index (χ4v) is 2.11. The SMILES string of the molecule is CNCc1ccc2cc(Oc3ccccc3)ccc2n1. The van der Waals surface area contributed by atoms with Crippen LogP contribution in [-0.2, 0) is 6.54 Å². The molecule has 2 aromatic carbocycles. The minimum Gasteiger partial charge on any atom is -0.457 e. The lowest BCUT2D eigenvalue weighted by Gasteiger charge is -2.07. The van der Waals surface area contributed by atoms with E-state index in [4.69, 9.17) is 4.74 Å². The van der Waals surface area contributed by atoms with Crippen molar-refractivity contribution in [2.45, 2.75) is 6.54 Å². The summed E-state index contributed by atoms with van der Waals surface area (Å²) in [6.45, 7) is 0.776. The van der Waals surface area contributed by atoms with Crippen molar-refractivity contribution in [1.29, 1.82) is 0 Å². The van der Waals surface area contributed by atoms with Gasteiger partial charge in [-0.25, -0.2) is 0 Å². The van der Waals surface area contributed by atoms with Crippen molar-refractivity contribution in [3.63, 3.8) is 0 Å². The predicted molar refractivity (Wildman–Crippen MR) is 81.0 cm³/mol. The van der Waals surface area contributed by atoms with Gasteiger partial charge in [0.15, 0.2) is 0 Å². The van der Waals surface area contributed by atoms with E-state index in [1.807, 2.05) is 61.6 Å². The number of nitrogens with zero attached hydrogens (tertiary/aromatic N) is 1. The Labute approximate surface area is 118 Å². The van der Waals surface area contributed by atoms with Crippen LogP contribution < -0.4 is 10.1 Å². The second-order valence-electron chi connectivity index (χ2n) is 4.60. The predicted octanol–water partition coefficient (Wildman–Crippen LogP) is 3.75. The molecule has 1 aromatic heterocycles. The number of nitrogens with one attached hydrogen (secondary N) is 1. The molecular formula is C17H16N2O. The van der Waals surface area contributed by atoms with E-state index in [0.29, 0.717) is 0 Å². The number of ether oxygens (including phenoxy) is 1. The molecule has 0 atom stereocenters. The van der Waals surface area contributed by atoms with Crippen LogP contribution >= 0.6 is 0 Å². The first-order valence-corrected chi connectivity index (χ1v) is 6.62. The van der Waals surface area contributed by atoms with E-state index >= 15 is 0 Å². The Morgan fingerprint density at radius 3 is 2.60 bits per heavy atom. The number of aromatic nitrogens is 1. The zero-order valence-corrected chi connectivity index (χ0v) is 11.3. The van der Waals surface area contributed by atoms with Gasteiger partial charge in [0.1, 0.15) is 11.5 Å².